The summed E-state index contributed by atoms with van der Waals surface area (Å²) in [6.07, 6.45) is 0. The third kappa shape index (κ3) is 2.44. The number of benzene rings is 1. The van der Waals surface area contributed by atoms with Gasteiger partial charge in [0, 0.05) is 5.56 Å². The molecule has 0 N–H and O–H groups in total. The first-order valence-corrected chi connectivity index (χ1v) is 7.28. The molecule has 112 valence electrons. The van der Waals surface area contributed by atoms with Gasteiger partial charge in [0.05, 0.1) is 6.61 Å². The molecule has 0 aliphatic heterocycles. The summed E-state index contributed by atoms with van der Waals surface area (Å²) in [7, 11) is 0. The molecule has 0 saturated heterocycles. The zero-order chi connectivity index (χ0) is 15.7. The number of imidazole rings is 1. The van der Waals surface area contributed by atoms with Crippen LogP contribution in [-0.4, -0.2) is 27.2 Å². The standard InChI is InChI=1S/C16H14ClN3O2/c1-3-22-16(21)14-13(11-7-5-4-6-8-11)18-12-9-10(2)15(17)19-20(12)14/h4-9H,3H2,1-2H3. The molecule has 0 aliphatic carbocycles. The molecule has 0 aliphatic rings. The summed E-state index contributed by atoms with van der Waals surface area (Å²) in [5.74, 6) is -0.471. The van der Waals surface area contributed by atoms with Crippen molar-refractivity contribution in [3.05, 3.63) is 52.8 Å². The maximum absolute atomic E-state index is 12.3. The Morgan fingerprint density at radius 3 is 2.73 bits per heavy atom. The van der Waals surface area contributed by atoms with E-state index in [0.29, 0.717) is 16.5 Å². The molecule has 3 rings (SSSR count). The first-order chi connectivity index (χ1) is 10.6. The number of nitrogens with zero attached hydrogens (tertiary/aromatic N) is 3. The Morgan fingerprint density at radius 1 is 1.32 bits per heavy atom. The lowest BCUT2D eigenvalue weighted by Gasteiger charge is -2.05. The number of carbonyl (C=O) groups excluding carboxylic acids is 1. The van der Waals surface area contributed by atoms with Gasteiger partial charge in [0.1, 0.15) is 5.69 Å². The fraction of sp³-hybridized carbons (Fsp3) is 0.188. The van der Waals surface area contributed by atoms with Crippen molar-refractivity contribution >= 4 is 23.2 Å². The van der Waals surface area contributed by atoms with Gasteiger partial charge in [-0.3, -0.25) is 0 Å². The number of aryl methyl sites for hydroxylation is 1. The van der Waals surface area contributed by atoms with Crippen molar-refractivity contribution in [3.63, 3.8) is 0 Å². The van der Waals surface area contributed by atoms with Crippen LogP contribution in [0.2, 0.25) is 5.15 Å². The van der Waals surface area contributed by atoms with Crippen molar-refractivity contribution < 1.29 is 9.53 Å². The summed E-state index contributed by atoms with van der Waals surface area (Å²) in [5, 5.41) is 4.57. The zero-order valence-corrected chi connectivity index (χ0v) is 13.0. The van der Waals surface area contributed by atoms with Crippen LogP contribution < -0.4 is 0 Å². The van der Waals surface area contributed by atoms with Crippen LogP contribution >= 0.6 is 11.6 Å². The molecule has 0 bridgehead atoms. The minimum absolute atomic E-state index is 0.278. The van der Waals surface area contributed by atoms with Crippen LogP contribution in [-0.2, 0) is 4.74 Å². The first kappa shape index (κ1) is 14.5. The number of hydrogen-bond donors (Lipinski definition) is 0. The molecule has 22 heavy (non-hydrogen) atoms. The van der Waals surface area contributed by atoms with Crippen molar-refractivity contribution in [2.75, 3.05) is 6.61 Å². The summed E-state index contributed by atoms with van der Waals surface area (Å²) in [6.45, 7) is 3.88. The lowest BCUT2D eigenvalue weighted by atomic mass is 10.1. The second-order valence-electron chi connectivity index (χ2n) is 4.78. The van der Waals surface area contributed by atoms with Crippen LogP contribution in [0.4, 0.5) is 0 Å². The van der Waals surface area contributed by atoms with E-state index >= 15 is 0 Å². The second kappa shape index (κ2) is 5.77. The summed E-state index contributed by atoms with van der Waals surface area (Å²) < 4.78 is 6.58. The minimum atomic E-state index is -0.471. The van der Waals surface area contributed by atoms with Crippen LogP contribution in [0.3, 0.4) is 0 Å². The molecule has 2 heterocycles. The predicted octanol–water partition coefficient (Wildman–Crippen LogP) is 3.53. The van der Waals surface area contributed by atoms with Gasteiger partial charge in [-0.25, -0.2) is 14.3 Å². The fourth-order valence-corrected chi connectivity index (χ4v) is 2.35. The lowest BCUT2D eigenvalue weighted by molar-refractivity contribution is 0.0517. The number of carbonyl (C=O) groups is 1. The number of ether oxygens (including phenoxy) is 1. The van der Waals surface area contributed by atoms with Gasteiger partial charge >= 0.3 is 5.97 Å². The third-order valence-electron chi connectivity index (χ3n) is 3.25. The van der Waals surface area contributed by atoms with E-state index in [1.807, 2.05) is 37.3 Å². The highest BCUT2D eigenvalue weighted by Gasteiger charge is 2.23. The zero-order valence-electron chi connectivity index (χ0n) is 12.2. The molecule has 5 nitrogen and oxygen atoms in total. The quantitative estimate of drug-likeness (QED) is 0.694. The van der Waals surface area contributed by atoms with Gasteiger partial charge in [0.15, 0.2) is 16.5 Å². The number of halogens is 1. The van der Waals surface area contributed by atoms with E-state index in [0.717, 1.165) is 11.1 Å². The largest absolute Gasteiger partial charge is 0.461 e. The van der Waals surface area contributed by atoms with E-state index in [2.05, 4.69) is 10.1 Å². The first-order valence-electron chi connectivity index (χ1n) is 6.90. The molecule has 0 unspecified atom stereocenters. The van der Waals surface area contributed by atoms with Crippen LogP contribution in [0.25, 0.3) is 16.9 Å². The van der Waals surface area contributed by atoms with E-state index in [-0.39, 0.29) is 12.3 Å². The minimum Gasteiger partial charge on any atom is -0.461 e. The van der Waals surface area contributed by atoms with E-state index in [9.17, 15) is 4.79 Å². The van der Waals surface area contributed by atoms with Crippen LogP contribution in [0.1, 0.15) is 23.0 Å². The van der Waals surface area contributed by atoms with Crippen molar-refractivity contribution in [1.29, 1.82) is 0 Å². The van der Waals surface area contributed by atoms with E-state index < -0.39 is 5.97 Å². The molecule has 2 aromatic heterocycles. The molecule has 0 atom stereocenters. The molecule has 0 fully saturated rings. The van der Waals surface area contributed by atoms with Gasteiger partial charge in [-0.1, -0.05) is 41.9 Å². The molecular weight excluding hydrogens is 302 g/mol. The maximum atomic E-state index is 12.3. The molecular formula is C16H14ClN3O2. The number of aromatic nitrogens is 3. The predicted molar refractivity (Wildman–Crippen MR) is 84.1 cm³/mol. The number of esters is 1. The van der Waals surface area contributed by atoms with Crippen LogP contribution in [0, 0.1) is 6.92 Å². The summed E-state index contributed by atoms with van der Waals surface area (Å²) in [5.41, 5.74) is 3.00. The highest BCUT2D eigenvalue weighted by molar-refractivity contribution is 6.30. The Labute approximate surface area is 132 Å². The number of rotatable bonds is 3. The molecule has 0 saturated carbocycles. The van der Waals surface area contributed by atoms with E-state index in [1.165, 1.54) is 4.52 Å². The van der Waals surface area contributed by atoms with Gasteiger partial charge in [-0.2, -0.15) is 5.10 Å². The van der Waals surface area contributed by atoms with Gasteiger partial charge in [-0.15, -0.1) is 0 Å². The average Bonchev–Trinajstić information content (AvgIpc) is 2.87. The monoisotopic (exact) mass is 315 g/mol. The highest BCUT2D eigenvalue weighted by atomic mass is 35.5. The second-order valence-corrected chi connectivity index (χ2v) is 5.14. The topological polar surface area (TPSA) is 56.5 Å². The smallest absolute Gasteiger partial charge is 0.359 e. The Morgan fingerprint density at radius 2 is 2.05 bits per heavy atom. The van der Waals surface area contributed by atoms with E-state index in [4.69, 9.17) is 16.3 Å². The number of hydrogen-bond acceptors (Lipinski definition) is 4. The molecule has 0 amide bonds. The van der Waals surface area contributed by atoms with Crippen LogP contribution in [0.15, 0.2) is 36.4 Å². The maximum Gasteiger partial charge on any atom is 0.359 e. The molecule has 1 aromatic carbocycles. The van der Waals surface area contributed by atoms with Gasteiger partial charge < -0.3 is 4.74 Å². The van der Waals surface area contributed by atoms with Crippen molar-refractivity contribution in [1.82, 2.24) is 14.6 Å². The normalized spacial score (nSPS) is 10.9. The van der Waals surface area contributed by atoms with Crippen molar-refractivity contribution in [3.8, 4) is 11.3 Å². The molecule has 3 aromatic rings. The third-order valence-corrected chi connectivity index (χ3v) is 3.63. The lowest BCUT2D eigenvalue weighted by Crippen LogP contribution is -2.11. The Hall–Kier alpha value is -2.40. The van der Waals surface area contributed by atoms with Gasteiger partial charge in [0.2, 0.25) is 0 Å². The SMILES string of the molecule is CCOC(=O)c1c(-c2ccccc2)nc2cc(C)c(Cl)nn12. The van der Waals surface area contributed by atoms with Crippen LogP contribution in [0.5, 0.6) is 0 Å². The van der Waals surface area contributed by atoms with Gasteiger partial charge in [-0.05, 0) is 25.5 Å². The number of fused-ring (bicyclic) bond motifs is 1. The van der Waals surface area contributed by atoms with Crippen molar-refractivity contribution in [2.45, 2.75) is 13.8 Å². The van der Waals surface area contributed by atoms with E-state index in [1.54, 1.807) is 13.0 Å². The Balaban J connectivity index is 2.31. The summed E-state index contributed by atoms with van der Waals surface area (Å²) in [6, 6.07) is 11.3. The summed E-state index contributed by atoms with van der Waals surface area (Å²) >= 11 is 6.08. The Bertz CT molecular complexity index is 843. The molecule has 0 radical (unpaired) electrons. The highest BCUT2D eigenvalue weighted by Crippen LogP contribution is 2.26. The fourth-order valence-electron chi connectivity index (χ4n) is 2.22. The summed E-state index contributed by atoms with van der Waals surface area (Å²) in [4.78, 5) is 16.9. The van der Waals surface area contributed by atoms with Crippen molar-refractivity contribution in [2.24, 2.45) is 0 Å². The Kier molecular flexibility index (Phi) is 3.81. The molecule has 6 heteroatoms. The average molecular weight is 316 g/mol. The van der Waals surface area contributed by atoms with Gasteiger partial charge in [0.25, 0.3) is 0 Å². The molecule has 0 spiro atoms.